The molecule has 2 rings (SSSR count). The molecule has 4 heteroatoms. The van der Waals surface area contributed by atoms with E-state index >= 15 is 0 Å². The molecule has 112 valence electrons. The van der Waals surface area contributed by atoms with E-state index in [1.165, 1.54) is 18.7 Å². The van der Waals surface area contributed by atoms with Crippen LogP contribution in [0.3, 0.4) is 0 Å². The van der Waals surface area contributed by atoms with Crippen LogP contribution in [-0.2, 0) is 6.42 Å². The van der Waals surface area contributed by atoms with E-state index in [2.05, 4.69) is 46.6 Å². The zero-order valence-electron chi connectivity index (χ0n) is 13.4. The second kappa shape index (κ2) is 7.02. The number of hydrogen-bond acceptors (Lipinski definition) is 4. The summed E-state index contributed by atoms with van der Waals surface area (Å²) in [7, 11) is 0. The van der Waals surface area contributed by atoms with Crippen LogP contribution in [-0.4, -0.2) is 47.6 Å². The monoisotopic (exact) mass is 276 g/mol. The highest BCUT2D eigenvalue weighted by molar-refractivity contribution is 5.40. The average Bonchev–Trinajstić information content (AvgIpc) is 2.38. The van der Waals surface area contributed by atoms with E-state index in [1.54, 1.807) is 0 Å². The predicted molar refractivity (Wildman–Crippen MR) is 84.3 cm³/mol. The predicted octanol–water partition coefficient (Wildman–Crippen LogP) is 2.52. The van der Waals surface area contributed by atoms with Gasteiger partial charge in [-0.25, -0.2) is 9.97 Å². The second-order valence-electron chi connectivity index (χ2n) is 6.19. The molecular formula is C16H28N4. The molecule has 0 saturated carbocycles. The largest absolute Gasteiger partial charge is 0.354 e. The fourth-order valence-electron chi connectivity index (χ4n) is 2.81. The summed E-state index contributed by atoms with van der Waals surface area (Å²) in [4.78, 5) is 14.1. The number of piperazine rings is 1. The summed E-state index contributed by atoms with van der Waals surface area (Å²) >= 11 is 0. The molecule has 0 amide bonds. The number of nitrogens with zero attached hydrogens (tertiary/aromatic N) is 4. The molecule has 20 heavy (non-hydrogen) atoms. The maximum atomic E-state index is 4.63. The Morgan fingerprint density at radius 3 is 2.45 bits per heavy atom. The molecule has 0 spiro atoms. The maximum Gasteiger partial charge on any atom is 0.132 e. The van der Waals surface area contributed by atoms with Gasteiger partial charge in [-0.3, -0.25) is 4.90 Å². The Balaban J connectivity index is 2.03. The lowest BCUT2D eigenvalue weighted by Crippen LogP contribution is -2.46. The fraction of sp³-hybridized carbons (Fsp3) is 0.750. The van der Waals surface area contributed by atoms with Crippen LogP contribution in [0, 0.1) is 12.8 Å². The highest BCUT2D eigenvalue weighted by atomic mass is 15.3. The molecule has 4 nitrogen and oxygen atoms in total. The third-order valence-electron chi connectivity index (χ3n) is 3.73. The molecule has 2 heterocycles. The SMILES string of the molecule is CCCN1CCN(c2cc(CC(C)C)nc(C)n2)CC1. The number of hydrogen-bond donors (Lipinski definition) is 0. The maximum absolute atomic E-state index is 4.63. The Bertz CT molecular complexity index is 422. The first-order chi connectivity index (χ1) is 9.58. The molecule has 1 saturated heterocycles. The van der Waals surface area contributed by atoms with Gasteiger partial charge in [-0.05, 0) is 32.2 Å². The molecule has 0 atom stereocenters. The van der Waals surface area contributed by atoms with Crippen LogP contribution in [0.15, 0.2) is 6.07 Å². The van der Waals surface area contributed by atoms with Gasteiger partial charge >= 0.3 is 0 Å². The molecule has 1 aromatic rings. The number of rotatable bonds is 5. The zero-order chi connectivity index (χ0) is 14.5. The van der Waals surface area contributed by atoms with Gasteiger partial charge in [-0.15, -0.1) is 0 Å². The molecule has 1 fully saturated rings. The lowest BCUT2D eigenvalue weighted by atomic mass is 10.1. The molecule has 0 unspecified atom stereocenters. The summed E-state index contributed by atoms with van der Waals surface area (Å²) in [6, 6.07) is 2.18. The lowest BCUT2D eigenvalue weighted by Gasteiger charge is -2.35. The minimum absolute atomic E-state index is 0.638. The normalized spacial score (nSPS) is 16.9. The van der Waals surface area contributed by atoms with Gasteiger partial charge in [0.15, 0.2) is 0 Å². The minimum Gasteiger partial charge on any atom is -0.354 e. The van der Waals surface area contributed by atoms with Gasteiger partial charge in [-0.2, -0.15) is 0 Å². The smallest absolute Gasteiger partial charge is 0.132 e. The van der Waals surface area contributed by atoms with Crippen LogP contribution in [0.5, 0.6) is 0 Å². The topological polar surface area (TPSA) is 32.3 Å². The molecule has 0 N–H and O–H groups in total. The third-order valence-corrected chi connectivity index (χ3v) is 3.73. The Hall–Kier alpha value is -1.16. The number of anilines is 1. The van der Waals surface area contributed by atoms with Crippen LogP contribution in [0.4, 0.5) is 5.82 Å². The Morgan fingerprint density at radius 1 is 1.15 bits per heavy atom. The molecule has 1 aliphatic rings. The van der Waals surface area contributed by atoms with Gasteiger partial charge in [0.25, 0.3) is 0 Å². The van der Waals surface area contributed by atoms with Crippen LogP contribution in [0.25, 0.3) is 0 Å². The van der Waals surface area contributed by atoms with Crippen molar-refractivity contribution in [1.82, 2.24) is 14.9 Å². The van der Waals surface area contributed by atoms with Crippen LogP contribution >= 0.6 is 0 Å². The van der Waals surface area contributed by atoms with Crippen molar-refractivity contribution in [3.05, 3.63) is 17.6 Å². The van der Waals surface area contributed by atoms with Crippen molar-refractivity contribution in [3.63, 3.8) is 0 Å². The number of aryl methyl sites for hydroxylation is 1. The first-order valence-corrected chi connectivity index (χ1v) is 7.90. The van der Waals surface area contributed by atoms with Gasteiger partial charge in [0.05, 0.1) is 0 Å². The Kier molecular flexibility index (Phi) is 5.35. The molecule has 1 aromatic heterocycles. The third kappa shape index (κ3) is 4.17. The van der Waals surface area contributed by atoms with Crippen molar-refractivity contribution in [2.75, 3.05) is 37.6 Å². The van der Waals surface area contributed by atoms with E-state index in [4.69, 9.17) is 0 Å². The summed E-state index contributed by atoms with van der Waals surface area (Å²) in [5.41, 5.74) is 1.18. The van der Waals surface area contributed by atoms with Gasteiger partial charge in [0, 0.05) is 37.9 Å². The number of aromatic nitrogens is 2. The molecule has 1 aliphatic heterocycles. The minimum atomic E-state index is 0.638. The van der Waals surface area contributed by atoms with Gasteiger partial charge in [0.1, 0.15) is 11.6 Å². The highest BCUT2D eigenvalue weighted by Crippen LogP contribution is 2.17. The van der Waals surface area contributed by atoms with E-state index in [-0.39, 0.29) is 0 Å². The molecular weight excluding hydrogens is 248 g/mol. The molecule has 0 radical (unpaired) electrons. The van der Waals surface area contributed by atoms with E-state index in [0.717, 1.165) is 44.2 Å². The molecule has 0 aromatic carbocycles. The van der Waals surface area contributed by atoms with Gasteiger partial charge in [0.2, 0.25) is 0 Å². The standard InChI is InChI=1S/C16H28N4/c1-5-6-19-7-9-20(10-8-19)16-12-15(11-13(2)3)17-14(4)18-16/h12-13H,5-11H2,1-4H3. The fourth-order valence-corrected chi connectivity index (χ4v) is 2.81. The van der Waals surface area contributed by atoms with Crippen molar-refractivity contribution >= 4 is 5.82 Å². The first kappa shape index (κ1) is 15.2. The summed E-state index contributed by atoms with van der Waals surface area (Å²) in [6.07, 6.45) is 2.28. The van der Waals surface area contributed by atoms with Gasteiger partial charge < -0.3 is 4.90 Å². The van der Waals surface area contributed by atoms with Gasteiger partial charge in [-0.1, -0.05) is 20.8 Å². The zero-order valence-corrected chi connectivity index (χ0v) is 13.4. The average molecular weight is 276 g/mol. The van der Waals surface area contributed by atoms with E-state index < -0.39 is 0 Å². The lowest BCUT2D eigenvalue weighted by molar-refractivity contribution is 0.258. The van der Waals surface area contributed by atoms with Crippen molar-refractivity contribution < 1.29 is 0 Å². The molecule has 0 bridgehead atoms. The Labute approximate surface area is 123 Å². The van der Waals surface area contributed by atoms with Crippen LogP contribution in [0.1, 0.15) is 38.7 Å². The van der Waals surface area contributed by atoms with Crippen molar-refractivity contribution in [3.8, 4) is 0 Å². The second-order valence-corrected chi connectivity index (χ2v) is 6.19. The first-order valence-electron chi connectivity index (χ1n) is 7.90. The summed E-state index contributed by atoms with van der Waals surface area (Å²) in [5.74, 6) is 2.65. The highest BCUT2D eigenvalue weighted by Gasteiger charge is 2.18. The summed E-state index contributed by atoms with van der Waals surface area (Å²) in [5, 5.41) is 0. The van der Waals surface area contributed by atoms with E-state index in [9.17, 15) is 0 Å². The van der Waals surface area contributed by atoms with Crippen molar-refractivity contribution in [2.45, 2.75) is 40.5 Å². The van der Waals surface area contributed by atoms with Crippen LogP contribution in [0.2, 0.25) is 0 Å². The molecule has 0 aliphatic carbocycles. The van der Waals surface area contributed by atoms with E-state index in [1.807, 2.05) is 6.92 Å². The van der Waals surface area contributed by atoms with Crippen molar-refractivity contribution in [2.24, 2.45) is 5.92 Å². The summed E-state index contributed by atoms with van der Waals surface area (Å²) in [6.45, 7) is 14.4. The quantitative estimate of drug-likeness (QED) is 0.827. The summed E-state index contributed by atoms with van der Waals surface area (Å²) < 4.78 is 0. The van der Waals surface area contributed by atoms with Crippen molar-refractivity contribution in [1.29, 1.82) is 0 Å². The van der Waals surface area contributed by atoms with Crippen LogP contribution < -0.4 is 4.90 Å². The van der Waals surface area contributed by atoms with E-state index in [0.29, 0.717) is 5.92 Å². The Morgan fingerprint density at radius 2 is 1.85 bits per heavy atom.